The molecule has 2 aliphatic rings. The lowest BCUT2D eigenvalue weighted by Gasteiger charge is -2.45. The summed E-state index contributed by atoms with van der Waals surface area (Å²) in [4.78, 5) is 5.14. The van der Waals surface area contributed by atoms with Crippen LogP contribution in [0.2, 0.25) is 5.02 Å². The van der Waals surface area contributed by atoms with Crippen LogP contribution in [-0.2, 0) is 0 Å². The van der Waals surface area contributed by atoms with E-state index in [0.717, 1.165) is 17.6 Å². The molecule has 92 valence electrons. The second-order valence-corrected chi connectivity index (χ2v) is 5.55. The molecule has 0 saturated carbocycles. The van der Waals surface area contributed by atoms with Gasteiger partial charge in [-0.25, -0.2) is 0 Å². The predicted octanol–water partition coefficient (Wildman–Crippen LogP) is 3.01. The molecule has 1 aromatic carbocycles. The van der Waals surface area contributed by atoms with Gasteiger partial charge in [0.05, 0.1) is 0 Å². The van der Waals surface area contributed by atoms with Crippen LogP contribution in [0.15, 0.2) is 24.3 Å². The van der Waals surface area contributed by atoms with Gasteiger partial charge >= 0.3 is 0 Å². The zero-order chi connectivity index (χ0) is 11.7. The van der Waals surface area contributed by atoms with E-state index in [1.54, 1.807) is 0 Å². The Balaban J connectivity index is 1.73. The Bertz CT molecular complexity index is 394. The second-order valence-electron chi connectivity index (χ2n) is 5.11. The van der Waals surface area contributed by atoms with Crippen molar-refractivity contribution >= 4 is 17.3 Å². The maximum atomic E-state index is 6.06. The van der Waals surface area contributed by atoms with Gasteiger partial charge in [-0.05, 0) is 37.6 Å². The van der Waals surface area contributed by atoms with Gasteiger partial charge < -0.3 is 4.90 Å². The molecule has 2 heterocycles. The predicted molar refractivity (Wildman–Crippen MR) is 72.9 cm³/mol. The summed E-state index contributed by atoms with van der Waals surface area (Å²) in [6, 6.07) is 9.01. The highest BCUT2D eigenvalue weighted by Gasteiger charge is 2.28. The first kappa shape index (κ1) is 11.4. The van der Waals surface area contributed by atoms with Gasteiger partial charge in [0.1, 0.15) is 0 Å². The van der Waals surface area contributed by atoms with Crippen molar-refractivity contribution in [3.05, 3.63) is 29.3 Å². The molecule has 0 N–H and O–H groups in total. The van der Waals surface area contributed by atoms with E-state index in [9.17, 15) is 0 Å². The van der Waals surface area contributed by atoms with Crippen LogP contribution in [0.25, 0.3) is 0 Å². The topological polar surface area (TPSA) is 6.48 Å². The number of piperazine rings is 1. The molecule has 2 fully saturated rings. The van der Waals surface area contributed by atoms with Crippen molar-refractivity contribution in [2.75, 3.05) is 31.1 Å². The minimum Gasteiger partial charge on any atom is -0.369 e. The molecule has 2 aliphatic heterocycles. The van der Waals surface area contributed by atoms with Gasteiger partial charge in [0.2, 0.25) is 0 Å². The Hall–Kier alpha value is -0.730. The third-order valence-electron chi connectivity index (χ3n) is 4.01. The normalized spacial score (nSPS) is 25.7. The number of hydrogen-bond donors (Lipinski definition) is 0. The molecule has 1 unspecified atom stereocenters. The summed E-state index contributed by atoms with van der Waals surface area (Å²) in [6.45, 7) is 4.81. The number of nitrogens with zero attached hydrogens (tertiary/aromatic N) is 2. The maximum Gasteiger partial charge on any atom is 0.0426 e. The molecule has 0 bridgehead atoms. The van der Waals surface area contributed by atoms with Crippen LogP contribution in [0.4, 0.5) is 5.69 Å². The second kappa shape index (κ2) is 4.87. The van der Waals surface area contributed by atoms with Crippen molar-refractivity contribution in [1.82, 2.24) is 4.90 Å². The first-order valence-corrected chi connectivity index (χ1v) is 6.95. The average molecular weight is 251 g/mol. The summed E-state index contributed by atoms with van der Waals surface area (Å²) >= 11 is 6.06. The molecule has 0 aromatic heterocycles. The van der Waals surface area contributed by atoms with Crippen LogP contribution in [0.3, 0.4) is 0 Å². The van der Waals surface area contributed by atoms with Gasteiger partial charge in [-0.3, -0.25) is 4.90 Å². The minimum atomic E-state index is 0.761. The fourth-order valence-corrected chi connectivity index (χ4v) is 3.25. The molecule has 3 heteroatoms. The number of hydrogen-bond acceptors (Lipinski definition) is 2. The highest BCUT2D eigenvalue weighted by Crippen LogP contribution is 2.26. The van der Waals surface area contributed by atoms with E-state index in [1.807, 2.05) is 12.1 Å². The molecule has 0 radical (unpaired) electrons. The SMILES string of the molecule is Clc1cccc(N2CCN3CCCCC3C2)c1. The standard InChI is InChI=1S/C14H19ClN2/c15-12-4-3-6-13(10-12)17-9-8-16-7-2-1-5-14(16)11-17/h3-4,6,10,14H,1-2,5,7-9,11H2. The fraction of sp³-hybridized carbons (Fsp3) is 0.571. The minimum absolute atomic E-state index is 0.761. The summed E-state index contributed by atoms with van der Waals surface area (Å²) in [5.41, 5.74) is 1.28. The van der Waals surface area contributed by atoms with E-state index in [1.165, 1.54) is 44.6 Å². The molecule has 0 amide bonds. The number of anilines is 1. The molecule has 2 nitrogen and oxygen atoms in total. The third kappa shape index (κ3) is 2.43. The molecule has 0 aliphatic carbocycles. The first-order chi connectivity index (χ1) is 8.33. The van der Waals surface area contributed by atoms with Gasteiger partial charge in [-0.2, -0.15) is 0 Å². The Morgan fingerprint density at radius 3 is 2.94 bits per heavy atom. The summed E-state index contributed by atoms with van der Waals surface area (Å²) in [6.07, 6.45) is 4.13. The molecule has 3 rings (SSSR count). The molecule has 1 atom stereocenters. The first-order valence-electron chi connectivity index (χ1n) is 6.57. The number of fused-ring (bicyclic) bond motifs is 1. The smallest absolute Gasteiger partial charge is 0.0426 e. The van der Waals surface area contributed by atoms with Crippen molar-refractivity contribution in [1.29, 1.82) is 0 Å². The van der Waals surface area contributed by atoms with Crippen molar-refractivity contribution in [3.8, 4) is 0 Å². The Labute approximate surface area is 108 Å². The van der Waals surface area contributed by atoms with E-state index in [2.05, 4.69) is 21.9 Å². The third-order valence-corrected chi connectivity index (χ3v) is 4.25. The Morgan fingerprint density at radius 2 is 2.06 bits per heavy atom. The van der Waals surface area contributed by atoms with Gasteiger partial charge in [-0.1, -0.05) is 24.1 Å². The van der Waals surface area contributed by atoms with Gasteiger partial charge in [0.15, 0.2) is 0 Å². The number of benzene rings is 1. The lowest BCUT2D eigenvalue weighted by molar-refractivity contribution is 0.133. The Kier molecular flexibility index (Phi) is 3.26. The van der Waals surface area contributed by atoms with Crippen LogP contribution in [0.5, 0.6) is 0 Å². The fourth-order valence-electron chi connectivity index (χ4n) is 3.06. The van der Waals surface area contributed by atoms with E-state index in [0.29, 0.717) is 0 Å². The lowest BCUT2D eigenvalue weighted by atomic mass is 9.99. The van der Waals surface area contributed by atoms with Crippen molar-refractivity contribution in [3.63, 3.8) is 0 Å². The highest BCUT2D eigenvalue weighted by atomic mass is 35.5. The highest BCUT2D eigenvalue weighted by molar-refractivity contribution is 6.30. The van der Waals surface area contributed by atoms with E-state index >= 15 is 0 Å². The molecular formula is C14H19ClN2. The molecular weight excluding hydrogens is 232 g/mol. The number of halogens is 1. The van der Waals surface area contributed by atoms with Crippen LogP contribution < -0.4 is 4.90 Å². The number of rotatable bonds is 1. The van der Waals surface area contributed by atoms with Gasteiger partial charge in [-0.15, -0.1) is 0 Å². The van der Waals surface area contributed by atoms with Crippen LogP contribution in [0, 0.1) is 0 Å². The molecule has 0 spiro atoms. The largest absolute Gasteiger partial charge is 0.369 e. The van der Waals surface area contributed by atoms with Crippen LogP contribution >= 0.6 is 11.6 Å². The van der Waals surface area contributed by atoms with Crippen LogP contribution in [-0.4, -0.2) is 37.1 Å². The zero-order valence-corrected chi connectivity index (χ0v) is 10.9. The Morgan fingerprint density at radius 1 is 1.12 bits per heavy atom. The van der Waals surface area contributed by atoms with E-state index in [4.69, 9.17) is 11.6 Å². The van der Waals surface area contributed by atoms with Crippen molar-refractivity contribution in [2.45, 2.75) is 25.3 Å². The summed E-state index contributed by atoms with van der Waals surface area (Å²) in [5, 5.41) is 0.841. The average Bonchev–Trinajstić information content (AvgIpc) is 2.38. The van der Waals surface area contributed by atoms with E-state index < -0.39 is 0 Å². The van der Waals surface area contributed by atoms with Crippen molar-refractivity contribution < 1.29 is 0 Å². The summed E-state index contributed by atoms with van der Waals surface area (Å²) in [5.74, 6) is 0. The van der Waals surface area contributed by atoms with Gasteiger partial charge in [0, 0.05) is 36.4 Å². The lowest BCUT2D eigenvalue weighted by Crippen LogP contribution is -2.54. The number of piperidine rings is 1. The van der Waals surface area contributed by atoms with E-state index in [-0.39, 0.29) is 0 Å². The summed E-state index contributed by atoms with van der Waals surface area (Å²) < 4.78 is 0. The van der Waals surface area contributed by atoms with Crippen LogP contribution in [0.1, 0.15) is 19.3 Å². The molecule has 2 saturated heterocycles. The molecule has 1 aromatic rings. The monoisotopic (exact) mass is 250 g/mol. The zero-order valence-electron chi connectivity index (χ0n) is 10.1. The van der Waals surface area contributed by atoms with Crippen molar-refractivity contribution in [2.24, 2.45) is 0 Å². The quantitative estimate of drug-likeness (QED) is 0.756. The maximum absolute atomic E-state index is 6.06. The molecule has 17 heavy (non-hydrogen) atoms. The van der Waals surface area contributed by atoms with Gasteiger partial charge in [0.25, 0.3) is 0 Å². The summed E-state index contributed by atoms with van der Waals surface area (Å²) in [7, 11) is 0.